The second-order valence-corrected chi connectivity index (χ2v) is 4.91. The van der Waals surface area contributed by atoms with Crippen molar-refractivity contribution < 1.29 is 4.79 Å². The first-order valence-electron chi connectivity index (χ1n) is 6.58. The van der Waals surface area contributed by atoms with Crippen LogP contribution in [0.1, 0.15) is 42.1 Å². The van der Waals surface area contributed by atoms with E-state index in [-0.39, 0.29) is 5.78 Å². The molecule has 0 aliphatic carbocycles. The number of likely N-dealkylation sites (tertiary alicyclic amines) is 1. The summed E-state index contributed by atoms with van der Waals surface area (Å²) in [4.78, 5) is 13.7. The number of Topliss-reactive ketones (excluding diaryl/α,β-unsaturated/α-hetero) is 1. The van der Waals surface area contributed by atoms with E-state index in [4.69, 9.17) is 0 Å². The van der Waals surface area contributed by atoms with Crippen LogP contribution in [-0.4, -0.2) is 30.3 Å². The first kappa shape index (κ1) is 12.3. The molecule has 1 heterocycles. The van der Waals surface area contributed by atoms with Crippen LogP contribution < -0.4 is 0 Å². The molecule has 1 aliphatic rings. The Morgan fingerprint density at radius 1 is 1.18 bits per heavy atom. The number of benzene rings is 1. The van der Waals surface area contributed by atoms with Crippen LogP contribution in [0.4, 0.5) is 0 Å². The smallest absolute Gasteiger partial charge is 0.159 e. The quantitative estimate of drug-likeness (QED) is 0.726. The Kier molecular flexibility index (Phi) is 4.32. The monoisotopic (exact) mass is 231 g/mol. The first-order valence-corrected chi connectivity index (χ1v) is 6.58. The predicted molar refractivity (Wildman–Crippen MR) is 70.4 cm³/mol. The molecule has 2 heteroatoms. The van der Waals surface area contributed by atoms with Gasteiger partial charge in [-0.1, -0.05) is 24.3 Å². The van der Waals surface area contributed by atoms with Crippen molar-refractivity contribution in [3.05, 3.63) is 35.4 Å². The Labute approximate surface area is 104 Å². The standard InChI is InChI=1S/C15H21NO/c1-13(17)15-8-6-14(7-9-15)5-4-12-16-10-2-3-11-16/h6-9H,2-5,10-12H2,1H3. The van der Waals surface area contributed by atoms with Gasteiger partial charge < -0.3 is 4.90 Å². The second kappa shape index (κ2) is 5.97. The molecule has 1 aromatic rings. The summed E-state index contributed by atoms with van der Waals surface area (Å²) in [5.41, 5.74) is 2.16. The van der Waals surface area contributed by atoms with Crippen LogP contribution in [0.25, 0.3) is 0 Å². The molecule has 1 aromatic carbocycles. The molecule has 0 bridgehead atoms. The molecular weight excluding hydrogens is 210 g/mol. The maximum atomic E-state index is 11.1. The Morgan fingerprint density at radius 2 is 1.82 bits per heavy atom. The third-order valence-corrected chi connectivity index (χ3v) is 3.50. The summed E-state index contributed by atoms with van der Waals surface area (Å²) >= 11 is 0. The van der Waals surface area contributed by atoms with Crippen LogP contribution in [0.2, 0.25) is 0 Å². The van der Waals surface area contributed by atoms with Gasteiger partial charge in [0.1, 0.15) is 0 Å². The van der Waals surface area contributed by atoms with E-state index in [1.165, 1.54) is 44.5 Å². The number of aryl methyl sites for hydroxylation is 1. The highest BCUT2D eigenvalue weighted by Gasteiger charge is 2.10. The minimum Gasteiger partial charge on any atom is -0.303 e. The van der Waals surface area contributed by atoms with Gasteiger partial charge in [0.25, 0.3) is 0 Å². The molecule has 0 saturated carbocycles. The van der Waals surface area contributed by atoms with Crippen LogP contribution in [0.5, 0.6) is 0 Å². The molecule has 0 unspecified atom stereocenters. The Balaban J connectivity index is 1.76. The van der Waals surface area contributed by atoms with Crippen molar-refractivity contribution in [1.82, 2.24) is 4.90 Å². The summed E-state index contributed by atoms with van der Waals surface area (Å²) in [6, 6.07) is 8.04. The summed E-state index contributed by atoms with van der Waals surface area (Å²) in [5, 5.41) is 0. The van der Waals surface area contributed by atoms with Crippen molar-refractivity contribution in [2.75, 3.05) is 19.6 Å². The molecule has 92 valence electrons. The van der Waals surface area contributed by atoms with E-state index in [2.05, 4.69) is 17.0 Å². The maximum Gasteiger partial charge on any atom is 0.159 e. The molecule has 0 spiro atoms. The number of carbonyl (C=O) groups is 1. The van der Waals surface area contributed by atoms with Gasteiger partial charge in [0.15, 0.2) is 5.78 Å². The van der Waals surface area contributed by atoms with Gasteiger partial charge in [0, 0.05) is 5.56 Å². The minimum absolute atomic E-state index is 0.147. The van der Waals surface area contributed by atoms with Crippen LogP contribution >= 0.6 is 0 Å². The number of hydrogen-bond donors (Lipinski definition) is 0. The summed E-state index contributed by atoms with van der Waals surface area (Å²) in [6.07, 6.45) is 5.08. The van der Waals surface area contributed by atoms with Gasteiger partial charge in [-0.25, -0.2) is 0 Å². The molecule has 0 radical (unpaired) electrons. The second-order valence-electron chi connectivity index (χ2n) is 4.91. The largest absolute Gasteiger partial charge is 0.303 e. The molecule has 0 amide bonds. The van der Waals surface area contributed by atoms with E-state index in [9.17, 15) is 4.79 Å². The third-order valence-electron chi connectivity index (χ3n) is 3.50. The lowest BCUT2D eigenvalue weighted by atomic mass is 10.1. The van der Waals surface area contributed by atoms with Gasteiger partial charge in [-0.2, -0.15) is 0 Å². The Hall–Kier alpha value is -1.15. The zero-order chi connectivity index (χ0) is 12.1. The number of carbonyl (C=O) groups excluding carboxylic acids is 1. The number of hydrogen-bond acceptors (Lipinski definition) is 2. The van der Waals surface area contributed by atoms with E-state index in [1.54, 1.807) is 6.92 Å². The van der Waals surface area contributed by atoms with E-state index in [0.717, 1.165) is 12.0 Å². The molecule has 0 aromatic heterocycles. The maximum absolute atomic E-state index is 11.1. The minimum atomic E-state index is 0.147. The average molecular weight is 231 g/mol. The van der Waals surface area contributed by atoms with Crippen LogP contribution in [0, 0.1) is 0 Å². The van der Waals surface area contributed by atoms with Gasteiger partial charge in [0.05, 0.1) is 0 Å². The van der Waals surface area contributed by atoms with Crippen molar-refractivity contribution >= 4 is 5.78 Å². The molecule has 1 saturated heterocycles. The van der Waals surface area contributed by atoms with Crippen LogP contribution in [-0.2, 0) is 6.42 Å². The van der Waals surface area contributed by atoms with Gasteiger partial charge >= 0.3 is 0 Å². The molecule has 0 N–H and O–H groups in total. The molecule has 1 fully saturated rings. The molecular formula is C15H21NO. The van der Waals surface area contributed by atoms with Gasteiger partial charge in [-0.3, -0.25) is 4.79 Å². The lowest BCUT2D eigenvalue weighted by Gasteiger charge is -2.13. The fourth-order valence-corrected chi connectivity index (χ4v) is 2.42. The van der Waals surface area contributed by atoms with Crippen LogP contribution in [0.15, 0.2) is 24.3 Å². The molecule has 17 heavy (non-hydrogen) atoms. The number of ketones is 1. The first-order chi connectivity index (χ1) is 8.25. The summed E-state index contributed by atoms with van der Waals surface area (Å²) < 4.78 is 0. The average Bonchev–Trinajstić information content (AvgIpc) is 2.83. The van der Waals surface area contributed by atoms with Gasteiger partial charge in [0.2, 0.25) is 0 Å². The van der Waals surface area contributed by atoms with E-state index in [0.29, 0.717) is 0 Å². The summed E-state index contributed by atoms with van der Waals surface area (Å²) in [5.74, 6) is 0.147. The van der Waals surface area contributed by atoms with Crippen LogP contribution in [0.3, 0.4) is 0 Å². The normalized spacial score (nSPS) is 16.3. The highest BCUT2D eigenvalue weighted by atomic mass is 16.1. The van der Waals surface area contributed by atoms with Crippen molar-refractivity contribution in [3.8, 4) is 0 Å². The lowest BCUT2D eigenvalue weighted by Crippen LogP contribution is -2.20. The lowest BCUT2D eigenvalue weighted by molar-refractivity contribution is 0.101. The number of nitrogens with zero attached hydrogens (tertiary/aromatic N) is 1. The van der Waals surface area contributed by atoms with Crippen molar-refractivity contribution in [3.63, 3.8) is 0 Å². The zero-order valence-electron chi connectivity index (χ0n) is 10.6. The SMILES string of the molecule is CC(=O)c1ccc(CCCN2CCCC2)cc1. The third kappa shape index (κ3) is 3.67. The number of rotatable bonds is 5. The highest BCUT2D eigenvalue weighted by Crippen LogP contribution is 2.11. The van der Waals surface area contributed by atoms with Gasteiger partial charge in [-0.05, 0) is 57.8 Å². The fraction of sp³-hybridized carbons (Fsp3) is 0.533. The van der Waals surface area contributed by atoms with Crippen molar-refractivity contribution in [2.45, 2.75) is 32.6 Å². The Bertz CT molecular complexity index is 363. The van der Waals surface area contributed by atoms with Crippen molar-refractivity contribution in [1.29, 1.82) is 0 Å². The molecule has 2 rings (SSSR count). The van der Waals surface area contributed by atoms with Gasteiger partial charge in [-0.15, -0.1) is 0 Å². The summed E-state index contributed by atoms with van der Waals surface area (Å²) in [6.45, 7) is 5.39. The van der Waals surface area contributed by atoms with Crippen molar-refractivity contribution in [2.24, 2.45) is 0 Å². The van der Waals surface area contributed by atoms with E-state index >= 15 is 0 Å². The predicted octanol–water partition coefficient (Wildman–Crippen LogP) is 2.92. The van der Waals surface area contributed by atoms with E-state index in [1.807, 2.05) is 12.1 Å². The highest BCUT2D eigenvalue weighted by molar-refractivity contribution is 5.93. The zero-order valence-corrected chi connectivity index (χ0v) is 10.6. The molecule has 2 nitrogen and oxygen atoms in total. The molecule has 0 atom stereocenters. The fourth-order valence-electron chi connectivity index (χ4n) is 2.42. The topological polar surface area (TPSA) is 20.3 Å². The summed E-state index contributed by atoms with van der Waals surface area (Å²) in [7, 11) is 0. The molecule has 1 aliphatic heterocycles. The Morgan fingerprint density at radius 3 is 2.41 bits per heavy atom. The van der Waals surface area contributed by atoms with E-state index < -0.39 is 0 Å².